The molecule has 0 saturated carbocycles. The normalized spacial score (nSPS) is 17.8. The number of ether oxygens (including phenoxy) is 2. The maximum absolute atomic E-state index is 13.5. The summed E-state index contributed by atoms with van der Waals surface area (Å²) in [5.41, 5.74) is 0.779. The van der Waals surface area contributed by atoms with Crippen molar-refractivity contribution in [2.24, 2.45) is 0 Å². The lowest BCUT2D eigenvalue weighted by Gasteiger charge is -2.25. The van der Waals surface area contributed by atoms with Gasteiger partial charge in [0.15, 0.2) is 0 Å². The number of nitrogens with zero attached hydrogens (tertiary/aromatic N) is 1. The Balaban J connectivity index is 2.19. The smallest absolute Gasteiger partial charge is 0.295 e. The first kappa shape index (κ1) is 22.3. The molecule has 7 heteroatoms. The average molecular weight is 427 g/mol. The van der Waals surface area contributed by atoms with Gasteiger partial charge in [-0.25, -0.2) is 4.39 Å². The Morgan fingerprint density at radius 3 is 2.32 bits per heavy atom. The molecule has 1 N–H and O–H groups in total. The second kappa shape index (κ2) is 9.64. The van der Waals surface area contributed by atoms with Gasteiger partial charge in [-0.3, -0.25) is 9.59 Å². The number of likely N-dealkylation sites (tertiary alicyclic amines) is 1. The van der Waals surface area contributed by atoms with E-state index in [4.69, 9.17) is 9.47 Å². The number of rotatable bonds is 8. The molecule has 1 fully saturated rings. The molecule has 3 rings (SSSR count). The monoisotopic (exact) mass is 427 g/mol. The third-order valence-corrected chi connectivity index (χ3v) is 5.01. The number of ketones is 1. The van der Waals surface area contributed by atoms with Crippen LogP contribution in [0.15, 0.2) is 48.0 Å². The second-order valence-corrected chi connectivity index (χ2v) is 7.07. The Hall–Kier alpha value is -3.35. The van der Waals surface area contributed by atoms with E-state index >= 15 is 0 Å². The number of hydrogen-bond acceptors (Lipinski definition) is 5. The molecule has 6 nitrogen and oxygen atoms in total. The number of Topliss-reactive ketones (excluding diaryl/α,β-unsaturated/α-hetero) is 1. The van der Waals surface area contributed by atoms with Gasteiger partial charge in [0.05, 0.1) is 30.4 Å². The van der Waals surface area contributed by atoms with Crippen LogP contribution in [0.3, 0.4) is 0 Å². The topological polar surface area (TPSA) is 76.1 Å². The van der Waals surface area contributed by atoms with E-state index in [2.05, 4.69) is 0 Å². The highest BCUT2D eigenvalue weighted by Gasteiger charge is 2.45. The minimum absolute atomic E-state index is 0.0461. The van der Waals surface area contributed by atoms with E-state index in [1.54, 1.807) is 25.1 Å². The molecule has 1 saturated heterocycles. The van der Waals surface area contributed by atoms with E-state index in [1.807, 2.05) is 13.8 Å². The third kappa shape index (κ3) is 4.40. The summed E-state index contributed by atoms with van der Waals surface area (Å²) in [5, 5.41) is 11.2. The van der Waals surface area contributed by atoms with Gasteiger partial charge in [0.25, 0.3) is 11.7 Å². The first-order valence-corrected chi connectivity index (χ1v) is 10.4. The van der Waals surface area contributed by atoms with Crippen LogP contribution in [0, 0.1) is 5.82 Å². The third-order valence-electron chi connectivity index (χ3n) is 5.01. The van der Waals surface area contributed by atoms with Crippen LogP contribution in [0.2, 0.25) is 0 Å². The average Bonchev–Trinajstić information content (AvgIpc) is 3.00. The molecule has 0 bridgehead atoms. The van der Waals surface area contributed by atoms with Crippen molar-refractivity contribution in [2.45, 2.75) is 33.2 Å². The zero-order chi connectivity index (χ0) is 22.5. The number of hydrogen-bond donors (Lipinski definition) is 1. The molecule has 2 aromatic carbocycles. The Kier molecular flexibility index (Phi) is 6.95. The molecule has 31 heavy (non-hydrogen) atoms. The summed E-state index contributed by atoms with van der Waals surface area (Å²) in [6, 6.07) is 9.65. The van der Waals surface area contributed by atoms with Gasteiger partial charge >= 0.3 is 0 Å². The number of carbonyl (C=O) groups is 2. The summed E-state index contributed by atoms with van der Waals surface area (Å²) in [6.45, 7) is 6.67. The molecule has 164 valence electrons. The van der Waals surface area contributed by atoms with E-state index in [-0.39, 0.29) is 16.9 Å². The van der Waals surface area contributed by atoms with Gasteiger partial charge in [0.2, 0.25) is 0 Å². The first-order chi connectivity index (χ1) is 14.9. The molecule has 0 aromatic heterocycles. The van der Waals surface area contributed by atoms with Crippen molar-refractivity contribution < 1.29 is 28.6 Å². The van der Waals surface area contributed by atoms with E-state index in [1.165, 1.54) is 29.2 Å². The SMILES string of the molecule is CCCN1C(=O)C(=O)/C(=C(\O)c2ccc(OCC)cc2OCC)C1c1ccc(F)cc1. The highest BCUT2D eigenvalue weighted by molar-refractivity contribution is 6.46. The molecule has 1 unspecified atom stereocenters. The Labute approximate surface area is 180 Å². The van der Waals surface area contributed by atoms with Gasteiger partial charge in [0.1, 0.15) is 23.1 Å². The molecular weight excluding hydrogens is 401 g/mol. The van der Waals surface area contributed by atoms with Crippen LogP contribution in [-0.4, -0.2) is 41.5 Å². The molecule has 2 aromatic rings. The Morgan fingerprint density at radius 2 is 1.71 bits per heavy atom. The number of aliphatic hydroxyl groups is 1. The highest BCUT2D eigenvalue weighted by atomic mass is 19.1. The minimum atomic E-state index is -0.818. The zero-order valence-corrected chi connectivity index (χ0v) is 17.9. The van der Waals surface area contributed by atoms with Crippen LogP contribution in [0.25, 0.3) is 5.76 Å². The van der Waals surface area contributed by atoms with Gasteiger partial charge < -0.3 is 19.5 Å². The fraction of sp³-hybridized carbons (Fsp3) is 0.333. The molecule has 0 aliphatic carbocycles. The van der Waals surface area contributed by atoms with Gasteiger partial charge in [-0.2, -0.15) is 0 Å². The van der Waals surface area contributed by atoms with Crippen LogP contribution in [0.1, 0.15) is 44.4 Å². The van der Waals surface area contributed by atoms with E-state index < -0.39 is 23.5 Å². The van der Waals surface area contributed by atoms with E-state index in [9.17, 15) is 19.1 Å². The number of carbonyl (C=O) groups excluding carboxylic acids is 2. The zero-order valence-electron chi connectivity index (χ0n) is 17.9. The van der Waals surface area contributed by atoms with Crippen LogP contribution in [0.4, 0.5) is 4.39 Å². The molecular formula is C24H26FNO5. The van der Waals surface area contributed by atoms with Crippen LogP contribution in [-0.2, 0) is 9.59 Å². The van der Waals surface area contributed by atoms with Crippen LogP contribution >= 0.6 is 0 Å². The van der Waals surface area contributed by atoms with Crippen LogP contribution < -0.4 is 9.47 Å². The number of benzene rings is 2. The maximum atomic E-state index is 13.5. The molecule has 1 amide bonds. The van der Waals surface area contributed by atoms with Crippen molar-refractivity contribution in [3.05, 3.63) is 65.0 Å². The number of aliphatic hydroxyl groups excluding tert-OH is 1. The van der Waals surface area contributed by atoms with Crippen molar-refractivity contribution >= 4 is 17.4 Å². The molecule has 1 atom stereocenters. The van der Waals surface area contributed by atoms with E-state index in [0.29, 0.717) is 43.2 Å². The molecule has 1 aliphatic rings. The van der Waals surface area contributed by atoms with Crippen molar-refractivity contribution in [2.75, 3.05) is 19.8 Å². The predicted molar refractivity (Wildman–Crippen MR) is 114 cm³/mol. The predicted octanol–water partition coefficient (Wildman–Crippen LogP) is 4.45. The summed E-state index contributed by atoms with van der Waals surface area (Å²) in [6.07, 6.45) is 0.623. The fourth-order valence-electron chi connectivity index (χ4n) is 3.72. The lowest BCUT2D eigenvalue weighted by molar-refractivity contribution is -0.139. The van der Waals surface area contributed by atoms with Crippen molar-refractivity contribution in [1.29, 1.82) is 0 Å². The van der Waals surface area contributed by atoms with Crippen LogP contribution in [0.5, 0.6) is 11.5 Å². The van der Waals surface area contributed by atoms with Gasteiger partial charge in [-0.05, 0) is 50.1 Å². The lowest BCUT2D eigenvalue weighted by Crippen LogP contribution is -2.30. The van der Waals surface area contributed by atoms with Crippen molar-refractivity contribution in [1.82, 2.24) is 4.90 Å². The number of halogens is 1. The summed E-state index contributed by atoms with van der Waals surface area (Å²) in [7, 11) is 0. The minimum Gasteiger partial charge on any atom is -0.507 e. The second-order valence-electron chi connectivity index (χ2n) is 7.07. The summed E-state index contributed by atoms with van der Waals surface area (Å²) >= 11 is 0. The standard InChI is InChI=1S/C24H26FNO5/c1-4-13-26-21(15-7-9-16(25)10-8-15)20(23(28)24(26)29)22(27)18-12-11-17(30-5-2)14-19(18)31-6-3/h7-12,14,21,27H,4-6,13H2,1-3H3/b22-20-. The van der Waals surface area contributed by atoms with Crippen molar-refractivity contribution in [3.63, 3.8) is 0 Å². The first-order valence-electron chi connectivity index (χ1n) is 10.4. The molecule has 1 aliphatic heterocycles. The Morgan fingerprint density at radius 1 is 1.03 bits per heavy atom. The maximum Gasteiger partial charge on any atom is 0.295 e. The fourth-order valence-corrected chi connectivity index (χ4v) is 3.72. The summed E-state index contributed by atoms with van der Waals surface area (Å²) in [5.74, 6) is -1.34. The summed E-state index contributed by atoms with van der Waals surface area (Å²) in [4.78, 5) is 27.1. The largest absolute Gasteiger partial charge is 0.507 e. The van der Waals surface area contributed by atoms with Gasteiger partial charge in [-0.1, -0.05) is 19.1 Å². The Bertz CT molecular complexity index is 1000. The quantitative estimate of drug-likeness (QED) is 0.383. The summed E-state index contributed by atoms with van der Waals surface area (Å²) < 4.78 is 24.7. The molecule has 0 radical (unpaired) electrons. The van der Waals surface area contributed by atoms with Gasteiger partial charge in [0, 0.05) is 12.6 Å². The van der Waals surface area contributed by atoms with Gasteiger partial charge in [-0.15, -0.1) is 0 Å². The lowest BCUT2D eigenvalue weighted by atomic mass is 9.95. The van der Waals surface area contributed by atoms with Crippen molar-refractivity contribution in [3.8, 4) is 11.5 Å². The van der Waals surface area contributed by atoms with E-state index in [0.717, 1.165) is 0 Å². The highest BCUT2D eigenvalue weighted by Crippen LogP contribution is 2.41. The molecule has 0 spiro atoms. The molecule has 1 heterocycles. The number of amides is 1.